The summed E-state index contributed by atoms with van der Waals surface area (Å²) in [5, 5.41) is 3.12. The Labute approximate surface area is 172 Å². The van der Waals surface area contributed by atoms with E-state index in [4.69, 9.17) is 4.74 Å². The number of aryl methyl sites for hydroxylation is 1. The molecular formula is C19H23F3N4O3S. The van der Waals surface area contributed by atoms with E-state index in [0.717, 1.165) is 18.6 Å². The maximum absolute atomic E-state index is 13.1. The zero-order valence-electron chi connectivity index (χ0n) is 16.3. The summed E-state index contributed by atoms with van der Waals surface area (Å²) in [6, 6.07) is 4.64. The first-order chi connectivity index (χ1) is 14.1. The normalized spacial score (nSPS) is 25.7. The van der Waals surface area contributed by atoms with Gasteiger partial charge in [-0.15, -0.1) is 0 Å². The van der Waals surface area contributed by atoms with Gasteiger partial charge < -0.3 is 14.6 Å². The molecule has 2 aromatic rings. The molecule has 1 aromatic carbocycles. The smallest absolute Gasteiger partial charge is 0.381 e. The average Bonchev–Trinajstić information content (AvgIpc) is 3.41. The Bertz CT molecular complexity index is 1000. The highest BCUT2D eigenvalue weighted by atomic mass is 32.2. The Morgan fingerprint density at radius 2 is 2.07 bits per heavy atom. The van der Waals surface area contributed by atoms with E-state index in [1.54, 1.807) is 17.7 Å². The summed E-state index contributed by atoms with van der Waals surface area (Å²) in [6.07, 6.45) is -0.788. The topological polar surface area (TPSA) is 76.5 Å². The van der Waals surface area contributed by atoms with Crippen LogP contribution < -0.4 is 5.32 Å². The lowest BCUT2D eigenvalue weighted by atomic mass is 9.87. The van der Waals surface area contributed by atoms with Crippen LogP contribution in [0.4, 0.5) is 18.9 Å². The van der Waals surface area contributed by atoms with E-state index in [1.165, 1.54) is 22.9 Å². The van der Waals surface area contributed by atoms with E-state index in [9.17, 15) is 21.6 Å². The molecule has 2 aliphatic rings. The molecule has 3 atom stereocenters. The maximum Gasteiger partial charge on any atom is 0.416 e. The Morgan fingerprint density at radius 3 is 2.70 bits per heavy atom. The van der Waals surface area contributed by atoms with Crippen LogP contribution in [0.2, 0.25) is 0 Å². The van der Waals surface area contributed by atoms with Crippen LogP contribution in [0, 0.1) is 11.8 Å². The molecule has 0 bridgehead atoms. The number of ether oxygens (including phenoxy) is 1. The number of rotatable bonds is 5. The number of benzene rings is 1. The van der Waals surface area contributed by atoms with Crippen LogP contribution >= 0.6 is 0 Å². The lowest BCUT2D eigenvalue weighted by molar-refractivity contribution is -0.137. The van der Waals surface area contributed by atoms with E-state index in [-0.39, 0.29) is 36.0 Å². The van der Waals surface area contributed by atoms with Crippen molar-refractivity contribution in [1.29, 1.82) is 0 Å². The molecule has 1 unspecified atom stereocenters. The molecule has 1 aromatic heterocycles. The molecule has 2 aliphatic heterocycles. The van der Waals surface area contributed by atoms with Crippen molar-refractivity contribution >= 4 is 15.7 Å². The SMILES string of the molecule is Cn1cnc(S(=O)(=O)N2C[C@H](Nc3cccc(C(F)(F)F)c3)[C@@H](C3CCOC3)C2)c1. The second kappa shape index (κ2) is 7.86. The van der Waals surface area contributed by atoms with Crippen LogP contribution in [0.25, 0.3) is 0 Å². The summed E-state index contributed by atoms with van der Waals surface area (Å²) in [4.78, 5) is 3.97. The third-order valence-electron chi connectivity index (χ3n) is 5.73. The number of nitrogens with one attached hydrogen (secondary N) is 1. The van der Waals surface area contributed by atoms with Gasteiger partial charge in [-0.3, -0.25) is 0 Å². The summed E-state index contributed by atoms with van der Waals surface area (Å²) in [7, 11) is -2.11. The second-order valence-corrected chi connectivity index (χ2v) is 9.70. The second-order valence-electron chi connectivity index (χ2n) is 7.82. The molecule has 0 aliphatic carbocycles. The van der Waals surface area contributed by atoms with Gasteiger partial charge in [-0.1, -0.05) is 6.07 Å². The molecule has 30 heavy (non-hydrogen) atoms. The van der Waals surface area contributed by atoms with Crippen molar-refractivity contribution in [2.75, 3.05) is 31.6 Å². The van der Waals surface area contributed by atoms with E-state index >= 15 is 0 Å². The molecule has 0 amide bonds. The van der Waals surface area contributed by atoms with Crippen molar-refractivity contribution in [2.24, 2.45) is 18.9 Å². The first-order valence-corrected chi connectivity index (χ1v) is 11.1. The monoisotopic (exact) mass is 444 g/mol. The number of halogens is 3. The summed E-state index contributed by atoms with van der Waals surface area (Å²) in [6.45, 7) is 1.53. The number of alkyl halides is 3. The first kappa shape index (κ1) is 21.1. The largest absolute Gasteiger partial charge is 0.416 e. The molecule has 2 saturated heterocycles. The van der Waals surface area contributed by atoms with Crippen LogP contribution in [-0.4, -0.2) is 54.6 Å². The molecule has 0 radical (unpaired) electrons. The number of hydrogen-bond donors (Lipinski definition) is 1. The molecule has 3 heterocycles. The van der Waals surface area contributed by atoms with Crippen LogP contribution in [0.1, 0.15) is 12.0 Å². The molecule has 11 heteroatoms. The molecule has 4 rings (SSSR count). The lowest BCUT2D eigenvalue weighted by Gasteiger charge is -2.25. The number of anilines is 1. The number of imidazole rings is 1. The minimum atomic E-state index is -4.44. The fourth-order valence-corrected chi connectivity index (χ4v) is 5.63. The van der Waals surface area contributed by atoms with Crippen molar-refractivity contribution < 1.29 is 26.3 Å². The van der Waals surface area contributed by atoms with Gasteiger partial charge in [0.2, 0.25) is 0 Å². The van der Waals surface area contributed by atoms with Crippen molar-refractivity contribution in [1.82, 2.24) is 13.9 Å². The van der Waals surface area contributed by atoms with Gasteiger partial charge in [-0.05, 0) is 36.5 Å². The summed E-state index contributed by atoms with van der Waals surface area (Å²) in [5.74, 6) is 0.0535. The standard InChI is InChI=1S/C19H23F3N4O3S/c1-25-10-18(23-12-25)30(27,28)26-8-16(13-5-6-29-11-13)17(9-26)24-15-4-2-3-14(7-15)19(20,21)22/h2-4,7,10,12-13,16-17,24H,5-6,8-9,11H2,1H3/t13?,16-,17+/m1/s1. The van der Waals surface area contributed by atoms with Gasteiger partial charge in [0.25, 0.3) is 10.0 Å². The third-order valence-corrected chi connectivity index (χ3v) is 7.45. The fourth-order valence-electron chi connectivity index (χ4n) is 4.16. The zero-order valence-corrected chi connectivity index (χ0v) is 17.2. The highest BCUT2D eigenvalue weighted by Gasteiger charge is 2.44. The molecule has 164 valence electrons. The molecule has 0 spiro atoms. The van der Waals surface area contributed by atoms with Crippen molar-refractivity contribution in [3.05, 3.63) is 42.4 Å². The minimum absolute atomic E-state index is 0.0360. The maximum atomic E-state index is 13.1. The minimum Gasteiger partial charge on any atom is -0.381 e. The number of sulfonamides is 1. The van der Waals surface area contributed by atoms with Gasteiger partial charge in [0, 0.05) is 51.3 Å². The highest BCUT2D eigenvalue weighted by Crippen LogP contribution is 2.36. The Balaban J connectivity index is 1.59. The van der Waals surface area contributed by atoms with Gasteiger partial charge in [-0.25, -0.2) is 13.4 Å². The van der Waals surface area contributed by atoms with Crippen LogP contribution in [-0.2, 0) is 28.0 Å². The van der Waals surface area contributed by atoms with Gasteiger partial charge in [0.15, 0.2) is 5.03 Å². The molecule has 2 fully saturated rings. The molecule has 1 N–H and O–H groups in total. The molecular weight excluding hydrogens is 421 g/mol. The fraction of sp³-hybridized carbons (Fsp3) is 0.526. The van der Waals surface area contributed by atoms with Gasteiger partial charge in [-0.2, -0.15) is 17.5 Å². The van der Waals surface area contributed by atoms with E-state index in [0.29, 0.717) is 18.9 Å². The average molecular weight is 444 g/mol. The predicted molar refractivity (Wildman–Crippen MR) is 103 cm³/mol. The van der Waals surface area contributed by atoms with Crippen LogP contribution in [0.15, 0.2) is 41.8 Å². The quantitative estimate of drug-likeness (QED) is 0.767. The van der Waals surface area contributed by atoms with Crippen molar-refractivity contribution in [2.45, 2.75) is 23.7 Å². The number of hydrogen-bond acceptors (Lipinski definition) is 5. The molecule has 7 nitrogen and oxygen atoms in total. The summed E-state index contributed by atoms with van der Waals surface area (Å²) < 4.78 is 73.7. The van der Waals surface area contributed by atoms with Gasteiger partial charge >= 0.3 is 6.18 Å². The molecule has 0 saturated carbocycles. The van der Waals surface area contributed by atoms with E-state index < -0.39 is 21.8 Å². The lowest BCUT2D eigenvalue weighted by Crippen LogP contribution is -2.33. The number of aromatic nitrogens is 2. The Kier molecular flexibility index (Phi) is 5.54. The Morgan fingerprint density at radius 1 is 1.27 bits per heavy atom. The summed E-state index contributed by atoms with van der Waals surface area (Å²) >= 11 is 0. The number of nitrogens with zero attached hydrogens (tertiary/aromatic N) is 3. The van der Waals surface area contributed by atoms with Crippen molar-refractivity contribution in [3.8, 4) is 0 Å². The highest BCUT2D eigenvalue weighted by molar-refractivity contribution is 7.89. The van der Waals surface area contributed by atoms with E-state index in [1.807, 2.05) is 0 Å². The first-order valence-electron chi connectivity index (χ1n) is 9.64. The third kappa shape index (κ3) is 4.19. The van der Waals surface area contributed by atoms with Gasteiger partial charge in [0.1, 0.15) is 0 Å². The Hall–Kier alpha value is -2.11. The van der Waals surface area contributed by atoms with Gasteiger partial charge in [0.05, 0.1) is 11.9 Å². The van der Waals surface area contributed by atoms with Crippen LogP contribution in [0.3, 0.4) is 0 Å². The van der Waals surface area contributed by atoms with Crippen LogP contribution in [0.5, 0.6) is 0 Å². The van der Waals surface area contributed by atoms with Crippen molar-refractivity contribution in [3.63, 3.8) is 0 Å². The zero-order chi connectivity index (χ0) is 21.5. The summed E-state index contributed by atoms with van der Waals surface area (Å²) in [5.41, 5.74) is -0.431. The van der Waals surface area contributed by atoms with E-state index in [2.05, 4.69) is 10.3 Å². The predicted octanol–water partition coefficient (Wildman–Crippen LogP) is 2.58.